The molecule has 1 nitrogen and oxygen atoms in total. The smallest absolute Gasteiger partial charge is 0.0639 e. The predicted octanol–water partition coefficient (Wildman–Crippen LogP) is 4.68. The third-order valence-corrected chi connectivity index (χ3v) is 4.30. The average molecular weight is 275 g/mol. The maximum atomic E-state index is 6.72. The van der Waals surface area contributed by atoms with Crippen molar-refractivity contribution in [3.63, 3.8) is 0 Å². The van der Waals surface area contributed by atoms with Crippen LogP contribution >= 0.6 is 0 Å². The van der Waals surface area contributed by atoms with Crippen LogP contribution in [0.15, 0.2) is 60.7 Å². The Hall–Kier alpha value is -2.12. The number of rotatable bonds is 2. The molecule has 0 saturated carbocycles. The zero-order chi connectivity index (χ0) is 15.0. The lowest BCUT2D eigenvalue weighted by molar-refractivity contribution is 0.599. The molecule has 0 aliphatic carbocycles. The van der Waals surface area contributed by atoms with Crippen molar-refractivity contribution in [2.45, 2.75) is 26.3 Å². The van der Waals surface area contributed by atoms with Gasteiger partial charge in [-0.3, -0.25) is 0 Å². The molecule has 0 saturated heterocycles. The van der Waals surface area contributed by atoms with Crippen molar-refractivity contribution in [2.24, 2.45) is 5.73 Å². The Morgan fingerprint density at radius 3 is 2.29 bits per heavy atom. The summed E-state index contributed by atoms with van der Waals surface area (Å²) in [6.45, 7) is 6.33. The summed E-state index contributed by atoms with van der Waals surface area (Å²) >= 11 is 0. The van der Waals surface area contributed by atoms with Crippen LogP contribution in [-0.4, -0.2) is 0 Å². The summed E-state index contributed by atoms with van der Waals surface area (Å²) in [5.74, 6) is 0. The Bertz CT molecular complexity index is 800. The minimum absolute atomic E-state index is 0.486. The van der Waals surface area contributed by atoms with Gasteiger partial charge in [0.25, 0.3) is 0 Å². The van der Waals surface area contributed by atoms with Gasteiger partial charge in [0.1, 0.15) is 0 Å². The van der Waals surface area contributed by atoms with Gasteiger partial charge in [-0.25, -0.2) is 0 Å². The van der Waals surface area contributed by atoms with Crippen LogP contribution in [0.1, 0.15) is 29.2 Å². The van der Waals surface area contributed by atoms with E-state index in [9.17, 15) is 0 Å². The summed E-state index contributed by atoms with van der Waals surface area (Å²) in [5.41, 5.74) is 11.1. The van der Waals surface area contributed by atoms with E-state index in [0.29, 0.717) is 0 Å². The molecule has 0 heterocycles. The van der Waals surface area contributed by atoms with Gasteiger partial charge in [0, 0.05) is 0 Å². The van der Waals surface area contributed by atoms with E-state index in [1.54, 1.807) is 0 Å². The van der Waals surface area contributed by atoms with Gasteiger partial charge >= 0.3 is 0 Å². The van der Waals surface area contributed by atoms with Crippen molar-refractivity contribution in [3.8, 4) is 0 Å². The quantitative estimate of drug-likeness (QED) is 0.722. The summed E-state index contributed by atoms with van der Waals surface area (Å²) in [6, 6.07) is 21.4. The highest BCUT2D eigenvalue weighted by atomic mass is 14.7. The van der Waals surface area contributed by atoms with Crippen LogP contribution in [-0.2, 0) is 5.54 Å². The fourth-order valence-electron chi connectivity index (χ4n) is 2.96. The molecule has 0 fully saturated rings. The number of hydrogen-bond donors (Lipinski definition) is 1. The molecule has 0 bridgehead atoms. The van der Waals surface area contributed by atoms with Crippen LogP contribution in [0.2, 0.25) is 0 Å². The van der Waals surface area contributed by atoms with Gasteiger partial charge in [-0.15, -0.1) is 0 Å². The summed E-state index contributed by atoms with van der Waals surface area (Å²) < 4.78 is 0. The van der Waals surface area contributed by atoms with E-state index < -0.39 is 5.54 Å². The lowest BCUT2D eigenvalue weighted by Crippen LogP contribution is -2.35. The molecule has 0 amide bonds. The van der Waals surface area contributed by atoms with E-state index in [2.05, 4.69) is 81.4 Å². The number of fused-ring (bicyclic) bond motifs is 1. The normalized spacial score (nSPS) is 14.1. The molecule has 3 rings (SSSR count). The van der Waals surface area contributed by atoms with E-state index in [0.717, 1.165) is 5.56 Å². The van der Waals surface area contributed by atoms with Crippen LogP contribution in [0.25, 0.3) is 10.8 Å². The topological polar surface area (TPSA) is 26.0 Å². The highest BCUT2D eigenvalue weighted by Gasteiger charge is 2.25. The van der Waals surface area contributed by atoms with E-state index in [1.807, 2.05) is 0 Å². The lowest BCUT2D eigenvalue weighted by atomic mass is 9.82. The largest absolute Gasteiger partial charge is 0.318 e. The van der Waals surface area contributed by atoms with E-state index in [1.165, 1.54) is 27.5 Å². The first kappa shape index (κ1) is 13.8. The molecular weight excluding hydrogens is 254 g/mol. The second-order valence-electron chi connectivity index (χ2n) is 6.08. The molecule has 21 heavy (non-hydrogen) atoms. The maximum Gasteiger partial charge on any atom is 0.0639 e. The first-order valence-corrected chi connectivity index (χ1v) is 7.34. The first-order valence-electron chi connectivity index (χ1n) is 7.34. The van der Waals surface area contributed by atoms with Gasteiger partial charge in [0.15, 0.2) is 0 Å². The standard InChI is InChI=1S/C20H21N/c1-14-8-9-15(2)19(12-14)20(3,21)18-11-10-16-6-4-5-7-17(16)13-18/h4-13H,21H2,1-3H3. The van der Waals surface area contributed by atoms with Crippen LogP contribution in [0.5, 0.6) is 0 Å². The molecule has 0 aliphatic heterocycles. The molecule has 0 spiro atoms. The molecule has 0 aromatic heterocycles. The minimum atomic E-state index is -0.486. The van der Waals surface area contributed by atoms with E-state index in [4.69, 9.17) is 5.73 Å². The first-order chi connectivity index (χ1) is 9.98. The summed E-state index contributed by atoms with van der Waals surface area (Å²) in [6.07, 6.45) is 0. The number of benzene rings is 3. The molecule has 0 aliphatic rings. The van der Waals surface area contributed by atoms with Gasteiger partial charge in [-0.05, 0) is 54.3 Å². The van der Waals surface area contributed by atoms with Crippen molar-refractivity contribution >= 4 is 10.8 Å². The predicted molar refractivity (Wildman–Crippen MR) is 90.5 cm³/mol. The molecule has 3 aromatic rings. The Balaban J connectivity index is 2.17. The molecular formula is C20H21N. The molecule has 1 heteroatoms. The third kappa shape index (κ3) is 2.45. The fraction of sp³-hybridized carbons (Fsp3) is 0.200. The Morgan fingerprint density at radius 2 is 1.52 bits per heavy atom. The van der Waals surface area contributed by atoms with E-state index >= 15 is 0 Å². The maximum absolute atomic E-state index is 6.72. The lowest BCUT2D eigenvalue weighted by Gasteiger charge is -2.28. The second-order valence-corrected chi connectivity index (χ2v) is 6.08. The summed E-state index contributed by atoms with van der Waals surface area (Å²) in [4.78, 5) is 0. The average Bonchev–Trinajstić information content (AvgIpc) is 2.49. The van der Waals surface area contributed by atoms with Crippen LogP contribution in [0, 0.1) is 13.8 Å². The van der Waals surface area contributed by atoms with Crippen LogP contribution in [0.3, 0.4) is 0 Å². The van der Waals surface area contributed by atoms with Gasteiger partial charge in [0.05, 0.1) is 5.54 Å². The number of nitrogens with two attached hydrogens (primary N) is 1. The van der Waals surface area contributed by atoms with Gasteiger partial charge < -0.3 is 5.73 Å². The van der Waals surface area contributed by atoms with Crippen molar-refractivity contribution in [2.75, 3.05) is 0 Å². The fourth-order valence-corrected chi connectivity index (χ4v) is 2.96. The zero-order valence-corrected chi connectivity index (χ0v) is 12.9. The van der Waals surface area contributed by atoms with Gasteiger partial charge in [0.2, 0.25) is 0 Å². The van der Waals surface area contributed by atoms with Crippen LogP contribution < -0.4 is 5.73 Å². The van der Waals surface area contributed by atoms with Crippen LogP contribution in [0.4, 0.5) is 0 Å². The summed E-state index contributed by atoms with van der Waals surface area (Å²) in [7, 11) is 0. The molecule has 2 N–H and O–H groups in total. The second kappa shape index (κ2) is 5.01. The molecule has 1 atom stereocenters. The Labute approximate surface area is 126 Å². The summed E-state index contributed by atoms with van der Waals surface area (Å²) in [5, 5.41) is 2.48. The molecule has 3 aromatic carbocycles. The highest BCUT2D eigenvalue weighted by molar-refractivity contribution is 5.83. The van der Waals surface area contributed by atoms with Crippen molar-refractivity contribution < 1.29 is 0 Å². The van der Waals surface area contributed by atoms with Gasteiger partial charge in [-0.1, -0.05) is 60.2 Å². The SMILES string of the molecule is Cc1ccc(C)c(C(C)(N)c2ccc3ccccc3c2)c1. The van der Waals surface area contributed by atoms with E-state index in [-0.39, 0.29) is 0 Å². The van der Waals surface area contributed by atoms with Crippen molar-refractivity contribution in [1.82, 2.24) is 0 Å². The molecule has 0 radical (unpaired) electrons. The number of hydrogen-bond acceptors (Lipinski definition) is 1. The zero-order valence-electron chi connectivity index (χ0n) is 12.9. The number of aryl methyl sites for hydroxylation is 2. The van der Waals surface area contributed by atoms with Crippen molar-refractivity contribution in [3.05, 3.63) is 82.9 Å². The molecule has 106 valence electrons. The minimum Gasteiger partial charge on any atom is -0.318 e. The Morgan fingerprint density at radius 1 is 0.810 bits per heavy atom. The Kier molecular flexibility index (Phi) is 3.30. The van der Waals surface area contributed by atoms with Crippen molar-refractivity contribution in [1.29, 1.82) is 0 Å². The third-order valence-electron chi connectivity index (χ3n) is 4.30. The highest BCUT2D eigenvalue weighted by Crippen LogP contribution is 2.31. The van der Waals surface area contributed by atoms with Gasteiger partial charge in [-0.2, -0.15) is 0 Å². The monoisotopic (exact) mass is 275 g/mol. The molecule has 1 unspecified atom stereocenters.